The molecule has 4 heteroatoms. The summed E-state index contributed by atoms with van der Waals surface area (Å²) in [7, 11) is 0. The van der Waals surface area contributed by atoms with E-state index < -0.39 is 3.79 Å². The Morgan fingerprint density at radius 3 is 2.43 bits per heavy atom. The number of rotatable bonds is 2. The Hall–Kier alpha value is -0.420. The average Bonchev–Trinajstić information content (AvgIpc) is 2.14. The molecule has 0 atom stereocenters. The Balaban J connectivity index is 2.99. The third kappa shape index (κ3) is 3.06. The van der Waals surface area contributed by atoms with Crippen LogP contribution in [-0.4, -0.2) is 0 Å². The number of alkyl halides is 3. The molecule has 0 aromatic heterocycles. The van der Waals surface area contributed by atoms with Crippen LogP contribution in [0.1, 0.15) is 17.5 Å². The zero-order valence-corrected chi connectivity index (χ0v) is 9.57. The summed E-state index contributed by atoms with van der Waals surface area (Å²) in [4.78, 5) is 0. The smallest absolute Gasteiger partial charge is 0.198 e. The zero-order valence-electron chi connectivity index (χ0n) is 7.30. The minimum absolute atomic E-state index is 0.428. The number of aryl methyl sites for hydroxylation is 1. The highest BCUT2D eigenvalue weighted by Gasteiger charge is 2.25. The highest BCUT2D eigenvalue weighted by Crippen LogP contribution is 2.40. The number of benzene rings is 1. The molecule has 0 aliphatic heterocycles. The van der Waals surface area contributed by atoms with Crippen LogP contribution in [0.4, 0.5) is 0 Å². The molecule has 0 fully saturated rings. The predicted octanol–water partition coefficient (Wildman–Crippen LogP) is 3.97. The molecule has 0 bridgehead atoms. The van der Waals surface area contributed by atoms with Gasteiger partial charge in [0.05, 0.1) is 6.07 Å². The molecule has 0 radical (unpaired) electrons. The number of halogens is 3. The number of hydrogen-bond acceptors (Lipinski definition) is 1. The first-order valence-corrected chi connectivity index (χ1v) is 5.21. The Bertz CT molecular complexity index is 349. The van der Waals surface area contributed by atoms with E-state index in [4.69, 9.17) is 40.1 Å². The van der Waals surface area contributed by atoms with Crippen LogP contribution in [0.2, 0.25) is 0 Å². The first kappa shape index (κ1) is 11.7. The second-order valence-electron chi connectivity index (χ2n) is 2.81. The monoisotopic (exact) mass is 247 g/mol. The topological polar surface area (TPSA) is 23.8 Å². The van der Waals surface area contributed by atoms with E-state index in [-0.39, 0.29) is 0 Å². The molecule has 1 rings (SSSR count). The highest BCUT2D eigenvalue weighted by atomic mass is 35.6. The molecular formula is C10H8Cl3N. The van der Waals surface area contributed by atoms with Crippen LogP contribution >= 0.6 is 34.8 Å². The standard InChI is InChI=1S/C10H8Cl3N/c11-10(12,13)9-6-2-1-4-8(9)5-3-7-14/h1-2,4,6H,3,5H2. The van der Waals surface area contributed by atoms with Crippen molar-refractivity contribution in [2.45, 2.75) is 16.6 Å². The largest absolute Gasteiger partial charge is 0.216 e. The molecule has 1 aromatic carbocycles. The normalized spacial score (nSPS) is 11.0. The lowest BCUT2D eigenvalue weighted by molar-refractivity contribution is 0.979. The average molecular weight is 249 g/mol. The van der Waals surface area contributed by atoms with Crippen LogP contribution < -0.4 is 0 Å². The van der Waals surface area contributed by atoms with Gasteiger partial charge in [0.1, 0.15) is 0 Å². The summed E-state index contributed by atoms with van der Waals surface area (Å²) >= 11 is 17.4. The van der Waals surface area contributed by atoms with Crippen LogP contribution in [0.25, 0.3) is 0 Å². The maximum atomic E-state index is 8.47. The lowest BCUT2D eigenvalue weighted by Crippen LogP contribution is -2.04. The van der Waals surface area contributed by atoms with Crippen LogP contribution in [0.3, 0.4) is 0 Å². The SMILES string of the molecule is N#CCCc1ccccc1C(Cl)(Cl)Cl. The van der Waals surface area contributed by atoms with Crippen LogP contribution in [0, 0.1) is 11.3 Å². The molecule has 0 unspecified atom stereocenters. The van der Waals surface area contributed by atoms with Gasteiger partial charge in [0.25, 0.3) is 0 Å². The van der Waals surface area contributed by atoms with Gasteiger partial charge < -0.3 is 0 Å². The first-order valence-electron chi connectivity index (χ1n) is 4.08. The summed E-state index contributed by atoms with van der Waals surface area (Å²) in [5, 5.41) is 8.47. The Kier molecular flexibility index (Phi) is 4.07. The molecule has 14 heavy (non-hydrogen) atoms. The lowest BCUT2D eigenvalue weighted by Gasteiger charge is -2.15. The maximum absolute atomic E-state index is 8.47. The molecule has 0 spiro atoms. The summed E-state index contributed by atoms with van der Waals surface area (Å²) in [6.45, 7) is 0. The zero-order chi connectivity index (χ0) is 10.6. The van der Waals surface area contributed by atoms with Crippen molar-refractivity contribution >= 4 is 34.8 Å². The van der Waals surface area contributed by atoms with E-state index in [0.29, 0.717) is 18.4 Å². The number of nitrogens with zero attached hydrogens (tertiary/aromatic N) is 1. The summed E-state index contributed by atoms with van der Waals surface area (Å²) < 4.78 is -1.41. The maximum Gasteiger partial charge on any atom is 0.216 e. The first-order chi connectivity index (χ1) is 6.55. The van der Waals surface area contributed by atoms with Gasteiger partial charge in [0.2, 0.25) is 3.79 Å². The molecule has 0 amide bonds. The van der Waals surface area contributed by atoms with E-state index in [0.717, 1.165) is 5.56 Å². The van der Waals surface area contributed by atoms with E-state index >= 15 is 0 Å². The van der Waals surface area contributed by atoms with Crippen LogP contribution in [-0.2, 0) is 10.2 Å². The van der Waals surface area contributed by atoms with E-state index in [1.807, 2.05) is 18.2 Å². The van der Waals surface area contributed by atoms with Crippen molar-refractivity contribution in [3.63, 3.8) is 0 Å². The van der Waals surface area contributed by atoms with Crippen LogP contribution in [0.15, 0.2) is 24.3 Å². The summed E-state index contributed by atoms with van der Waals surface area (Å²) in [6, 6.07) is 9.38. The van der Waals surface area contributed by atoms with Gasteiger partial charge in [-0.05, 0) is 12.0 Å². The van der Waals surface area contributed by atoms with E-state index in [1.165, 1.54) is 0 Å². The van der Waals surface area contributed by atoms with Gasteiger partial charge in [-0.2, -0.15) is 5.26 Å². The Morgan fingerprint density at radius 2 is 1.86 bits per heavy atom. The molecule has 0 saturated heterocycles. The lowest BCUT2D eigenvalue weighted by atomic mass is 10.0. The molecule has 0 N–H and O–H groups in total. The van der Waals surface area contributed by atoms with Gasteiger partial charge in [0, 0.05) is 12.0 Å². The summed E-state index contributed by atoms with van der Waals surface area (Å²) in [5.41, 5.74) is 1.56. The summed E-state index contributed by atoms with van der Waals surface area (Å²) in [5.74, 6) is 0. The molecule has 1 aromatic rings. The fourth-order valence-corrected chi connectivity index (χ4v) is 1.76. The quantitative estimate of drug-likeness (QED) is 0.727. The summed E-state index contributed by atoms with van der Waals surface area (Å²) in [6.07, 6.45) is 1.04. The van der Waals surface area contributed by atoms with Crippen molar-refractivity contribution in [2.75, 3.05) is 0 Å². The molecule has 74 valence electrons. The van der Waals surface area contributed by atoms with Gasteiger partial charge in [-0.25, -0.2) is 0 Å². The van der Waals surface area contributed by atoms with E-state index in [1.54, 1.807) is 6.07 Å². The fraction of sp³-hybridized carbons (Fsp3) is 0.300. The van der Waals surface area contributed by atoms with E-state index in [2.05, 4.69) is 6.07 Å². The third-order valence-corrected chi connectivity index (χ3v) is 2.44. The van der Waals surface area contributed by atoms with Crippen molar-refractivity contribution in [1.82, 2.24) is 0 Å². The van der Waals surface area contributed by atoms with Crippen molar-refractivity contribution in [3.05, 3.63) is 35.4 Å². The van der Waals surface area contributed by atoms with Crippen molar-refractivity contribution in [3.8, 4) is 6.07 Å². The van der Waals surface area contributed by atoms with Gasteiger partial charge in [-0.3, -0.25) is 0 Å². The molecule has 0 aliphatic carbocycles. The molecule has 1 nitrogen and oxygen atoms in total. The number of hydrogen-bond donors (Lipinski definition) is 0. The molecule has 0 saturated carbocycles. The minimum Gasteiger partial charge on any atom is -0.198 e. The van der Waals surface area contributed by atoms with Gasteiger partial charge in [0.15, 0.2) is 0 Å². The fourth-order valence-electron chi connectivity index (χ4n) is 1.21. The van der Waals surface area contributed by atoms with Gasteiger partial charge in [-0.15, -0.1) is 0 Å². The second kappa shape index (κ2) is 4.89. The molecular weight excluding hydrogens is 240 g/mol. The second-order valence-corrected chi connectivity index (χ2v) is 5.09. The van der Waals surface area contributed by atoms with Crippen molar-refractivity contribution < 1.29 is 0 Å². The Morgan fingerprint density at radius 1 is 1.21 bits per heavy atom. The number of nitriles is 1. The Labute approximate surface area is 98.2 Å². The molecule has 0 aliphatic rings. The van der Waals surface area contributed by atoms with Gasteiger partial charge >= 0.3 is 0 Å². The van der Waals surface area contributed by atoms with Crippen molar-refractivity contribution in [2.24, 2.45) is 0 Å². The van der Waals surface area contributed by atoms with E-state index in [9.17, 15) is 0 Å². The van der Waals surface area contributed by atoms with Gasteiger partial charge in [-0.1, -0.05) is 59.1 Å². The van der Waals surface area contributed by atoms with Crippen LogP contribution in [0.5, 0.6) is 0 Å². The minimum atomic E-state index is -1.41. The predicted molar refractivity (Wildman–Crippen MR) is 59.6 cm³/mol. The van der Waals surface area contributed by atoms with Crippen molar-refractivity contribution in [1.29, 1.82) is 5.26 Å². The highest BCUT2D eigenvalue weighted by molar-refractivity contribution is 6.66. The third-order valence-electron chi connectivity index (χ3n) is 1.83. The molecule has 0 heterocycles.